The van der Waals surface area contributed by atoms with Crippen molar-refractivity contribution in [2.75, 3.05) is 25.6 Å². The number of hydrogen-bond acceptors (Lipinski definition) is 6. The van der Waals surface area contributed by atoms with Crippen LogP contribution in [0.2, 0.25) is 0 Å². The maximum absolute atomic E-state index is 13.0. The summed E-state index contributed by atoms with van der Waals surface area (Å²) in [5, 5.41) is 5.34. The predicted octanol–water partition coefficient (Wildman–Crippen LogP) is 3.88. The second-order valence-electron chi connectivity index (χ2n) is 6.46. The molecule has 1 aliphatic heterocycles. The van der Waals surface area contributed by atoms with Crippen LogP contribution < -0.4 is 5.32 Å². The van der Waals surface area contributed by atoms with Crippen molar-refractivity contribution in [3.8, 4) is 0 Å². The van der Waals surface area contributed by atoms with Gasteiger partial charge in [-0.1, -0.05) is 12.1 Å². The van der Waals surface area contributed by atoms with Crippen LogP contribution in [0.3, 0.4) is 0 Å². The third-order valence-electron chi connectivity index (χ3n) is 4.72. The highest BCUT2D eigenvalue weighted by molar-refractivity contribution is 7.10. The van der Waals surface area contributed by atoms with Gasteiger partial charge < -0.3 is 14.8 Å². The molecule has 1 aliphatic rings. The maximum Gasteiger partial charge on any atom is 0.338 e. The summed E-state index contributed by atoms with van der Waals surface area (Å²) in [5.74, 6) is 0.401. The molecule has 0 spiro atoms. The highest BCUT2D eigenvalue weighted by atomic mass is 32.1. The van der Waals surface area contributed by atoms with E-state index in [9.17, 15) is 4.79 Å². The van der Waals surface area contributed by atoms with E-state index in [1.807, 2.05) is 31.2 Å². The molecule has 6 nitrogen and oxygen atoms in total. The molecule has 1 aromatic carbocycles. The summed E-state index contributed by atoms with van der Waals surface area (Å²) in [7, 11) is 1.59. The highest BCUT2D eigenvalue weighted by Gasteiger charge is 2.36. The van der Waals surface area contributed by atoms with Crippen molar-refractivity contribution in [2.24, 2.45) is 0 Å². The first-order chi connectivity index (χ1) is 13.1. The first-order valence-corrected chi connectivity index (χ1v) is 9.64. The largest absolute Gasteiger partial charge is 0.460 e. The second-order valence-corrected chi connectivity index (χ2v) is 7.40. The summed E-state index contributed by atoms with van der Waals surface area (Å²) in [4.78, 5) is 18.8. The summed E-state index contributed by atoms with van der Waals surface area (Å²) in [6.45, 7) is 4.55. The van der Waals surface area contributed by atoms with Crippen molar-refractivity contribution in [3.05, 3.63) is 57.4 Å². The van der Waals surface area contributed by atoms with E-state index < -0.39 is 0 Å². The smallest absolute Gasteiger partial charge is 0.338 e. The lowest BCUT2D eigenvalue weighted by Crippen LogP contribution is -2.29. The number of hydrogen-bond donors (Lipinski definition) is 1. The van der Waals surface area contributed by atoms with Crippen molar-refractivity contribution >= 4 is 34.3 Å². The number of aryl methyl sites for hydroxylation is 1. The van der Waals surface area contributed by atoms with E-state index in [1.54, 1.807) is 18.4 Å². The summed E-state index contributed by atoms with van der Waals surface area (Å²) in [6.07, 6.45) is 0. The van der Waals surface area contributed by atoms with Gasteiger partial charge in [-0.15, -0.1) is 11.3 Å². The van der Waals surface area contributed by atoms with Crippen molar-refractivity contribution in [2.45, 2.75) is 19.9 Å². The third-order valence-corrected chi connectivity index (χ3v) is 5.79. The summed E-state index contributed by atoms with van der Waals surface area (Å²) < 4.78 is 12.6. The molecule has 3 heterocycles. The number of thiophene rings is 1. The number of ether oxygens (including phenoxy) is 2. The molecule has 0 fully saturated rings. The van der Waals surface area contributed by atoms with Crippen molar-refractivity contribution < 1.29 is 14.3 Å². The van der Waals surface area contributed by atoms with E-state index in [4.69, 9.17) is 14.5 Å². The number of rotatable bonds is 5. The fourth-order valence-corrected chi connectivity index (χ4v) is 4.46. The predicted molar refractivity (Wildman–Crippen MR) is 106 cm³/mol. The van der Waals surface area contributed by atoms with E-state index in [2.05, 4.69) is 28.3 Å². The van der Waals surface area contributed by atoms with Crippen LogP contribution in [-0.2, 0) is 14.3 Å². The molecular formula is C20H21N3O3S. The average Bonchev–Trinajstić information content (AvgIpc) is 3.23. The second kappa shape index (κ2) is 7.17. The van der Waals surface area contributed by atoms with E-state index in [1.165, 1.54) is 0 Å². The van der Waals surface area contributed by atoms with Crippen LogP contribution in [0.5, 0.6) is 0 Å². The Morgan fingerprint density at radius 2 is 2.07 bits per heavy atom. The molecule has 0 unspecified atom stereocenters. The van der Waals surface area contributed by atoms with Gasteiger partial charge in [-0.2, -0.15) is 0 Å². The Morgan fingerprint density at radius 3 is 2.81 bits per heavy atom. The monoisotopic (exact) mass is 383 g/mol. The van der Waals surface area contributed by atoms with Crippen LogP contribution in [-0.4, -0.2) is 35.8 Å². The van der Waals surface area contributed by atoms with E-state index in [0.29, 0.717) is 12.2 Å². The number of allylic oxidation sites excluding steroid dienone is 1. The number of benzene rings is 1. The third kappa shape index (κ3) is 3.02. The molecule has 0 saturated heterocycles. The molecule has 0 amide bonds. The SMILES string of the molecule is COCCOC(=O)C1=C(C)Nc2nc3ccccc3n2[C@H]1c1sccc1C. The van der Waals surface area contributed by atoms with Gasteiger partial charge in [-0.3, -0.25) is 4.57 Å². The molecule has 0 radical (unpaired) electrons. The number of carbonyl (C=O) groups excluding carboxylic acids is 1. The Labute approximate surface area is 161 Å². The normalized spacial score (nSPS) is 16.3. The minimum Gasteiger partial charge on any atom is -0.460 e. The van der Waals surface area contributed by atoms with E-state index in [0.717, 1.165) is 33.1 Å². The molecule has 27 heavy (non-hydrogen) atoms. The van der Waals surface area contributed by atoms with E-state index >= 15 is 0 Å². The number of para-hydroxylation sites is 2. The number of nitrogens with one attached hydrogen (secondary N) is 1. The van der Waals surface area contributed by atoms with Crippen LogP contribution in [0.1, 0.15) is 23.4 Å². The molecule has 4 rings (SSSR count). The lowest BCUT2D eigenvalue weighted by molar-refractivity contribution is -0.140. The molecule has 3 aromatic rings. The van der Waals surface area contributed by atoms with Gasteiger partial charge >= 0.3 is 5.97 Å². The Hall–Kier alpha value is -2.64. The standard InChI is InChI=1S/C20H21N3O3S/c1-12-8-11-27-18(12)17-16(19(24)26-10-9-25-3)13(2)21-20-22-14-6-4-5-7-15(14)23(17)20/h4-8,11,17H,9-10H2,1-3H3,(H,21,22)/t17-/m1/s1. The number of methoxy groups -OCH3 is 1. The fraction of sp³-hybridized carbons (Fsp3) is 0.300. The van der Waals surface area contributed by atoms with Gasteiger partial charge in [0, 0.05) is 17.7 Å². The molecule has 1 atom stereocenters. The Morgan fingerprint density at radius 1 is 1.26 bits per heavy atom. The van der Waals surface area contributed by atoms with Gasteiger partial charge in [0.1, 0.15) is 12.6 Å². The molecular weight excluding hydrogens is 362 g/mol. The number of imidazole rings is 1. The van der Waals surface area contributed by atoms with E-state index in [-0.39, 0.29) is 18.6 Å². The highest BCUT2D eigenvalue weighted by Crippen LogP contribution is 2.42. The molecule has 0 bridgehead atoms. The van der Waals surface area contributed by atoms with Crippen LogP contribution in [0.15, 0.2) is 47.0 Å². The average molecular weight is 383 g/mol. The molecule has 7 heteroatoms. The topological polar surface area (TPSA) is 65.4 Å². The summed E-state index contributed by atoms with van der Waals surface area (Å²) in [6, 6.07) is 9.75. The summed E-state index contributed by atoms with van der Waals surface area (Å²) >= 11 is 1.64. The van der Waals surface area contributed by atoms with Gasteiger partial charge in [0.15, 0.2) is 0 Å². The van der Waals surface area contributed by atoms with Gasteiger partial charge in [0.2, 0.25) is 5.95 Å². The van der Waals surface area contributed by atoms with Gasteiger partial charge in [0.25, 0.3) is 0 Å². The first-order valence-electron chi connectivity index (χ1n) is 8.76. The zero-order chi connectivity index (χ0) is 19.0. The minimum atomic E-state index is -0.335. The molecule has 140 valence electrons. The summed E-state index contributed by atoms with van der Waals surface area (Å²) in [5.41, 5.74) is 4.38. The molecule has 1 N–H and O–H groups in total. The minimum absolute atomic E-state index is 0.222. The Balaban J connectivity index is 1.87. The van der Waals surface area contributed by atoms with Crippen LogP contribution in [0.4, 0.5) is 5.95 Å². The van der Waals surface area contributed by atoms with Crippen LogP contribution >= 0.6 is 11.3 Å². The molecule has 0 aliphatic carbocycles. The molecule has 2 aromatic heterocycles. The number of fused-ring (bicyclic) bond motifs is 3. The van der Waals surface area contributed by atoms with Crippen molar-refractivity contribution in [1.29, 1.82) is 0 Å². The van der Waals surface area contributed by atoms with Crippen molar-refractivity contribution in [3.63, 3.8) is 0 Å². The first kappa shape index (κ1) is 17.8. The number of aromatic nitrogens is 2. The van der Waals surface area contributed by atoms with Crippen LogP contribution in [0.25, 0.3) is 11.0 Å². The van der Waals surface area contributed by atoms with Gasteiger partial charge in [-0.25, -0.2) is 9.78 Å². The lowest BCUT2D eigenvalue weighted by Gasteiger charge is -2.29. The van der Waals surface area contributed by atoms with Crippen LogP contribution in [0, 0.1) is 6.92 Å². The Kier molecular flexibility index (Phi) is 4.72. The maximum atomic E-state index is 13.0. The van der Waals surface area contributed by atoms with Crippen molar-refractivity contribution in [1.82, 2.24) is 9.55 Å². The number of esters is 1. The van der Waals surface area contributed by atoms with Gasteiger partial charge in [-0.05, 0) is 43.0 Å². The Bertz CT molecular complexity index is 1030. The quantitative estimate of drug-likeness (QED) is 0.535. The number of nitrogens with zero attached hydrogens (tertiary/aromatic N) is 2. The zero-order valence-electron chi connectivity index (χ0n) is 15.5. The van der Waals surface area contributed by atoms with Gasteiger partial charge in [0.05, 0.1) is 23.2 Å². The molecule has 0 saturated carbocycles. The zero-order valence-corrected chi connectivity index (χ0v) is 16.3. The lowest BCUT2D eigenvalue weighted by atomic mass is 9.99. The fourth-order valence-electron chi connectivity index (χ4n) is 3.44. The number of carbonyl (C=O) groups is 1. The number of anilines is 1.